The van der Waals surface area contributed by atoms with Crippen molar-refractivity contribution in [2.45, 2.75) is 6.18 Å². The van der Waals surface area contributed by atoms with Gasteiger partial charge >= 0.3 is 15.0 Å². The molecule has 22 heavy (non-hydrogen) atoms. The van der Waals surface area contributed by atoms with Crippen molar-refractivity contribution in [3.63, 3.8) is 0 Å². The minimum Gasteiger partial charge on any atom is -0.386 e. The van der Waals surface area contributed by atoms with Crippen molar-refractivity contribution in [3.8, 4) is 11.1 Å². The third-order valence-corrected chi connectivity index (χ3v) is 5.50. The molecule has 0 fully saturated rings. The van der Waals surface area contributed by atoms with E-state index in [9.17, 15) is 18.0 Å². The summed E-state index contributed by atoms with van der Waals surface area (Å²) in [6.07, 6.45) is -4.38. The quantitative estimate of drug-likeness (QED) is 0.877. The number of rotatable bonds is 4. The summed E-state index contributed by atoms with van der Waals surface area (Å²) in [5.74, 6) is 0. The Hall–Kier alpha value is -1.67. The largest absolute Gasteiger partial charge is 0.533 e. The van der Waals surface area contributed by atoms with E-state index in [1.165, 1.54) is 20.3 Å². The highest BCUT2D eigenvalue weighted by molar-refractivity contribution is 6.74. The van der Waals surface area contributed by atoms with Gasteiger partial charge in [0, 0.05) is 19.4 Å². The highest BCUT2D eigenvalue weighted by Crippen LogP contribution is 2.32. The Labute approximate surface area is 127 Å². The lowest BCUT2D eigenvalue weighted by Gasteiger charge is -2.20. The molecule has 0 saturated heterocycles. The molecule has 0 radical (unpaired) electrons. The zero-order valence-electron chi connectivity index (χ0n) is 12.0. The van der Waals surface area contributed by atoms with Crippen LogP contribution in [0.2, 0.25) is 0 Å². The number of halogens is 3. The number of benzene rings is 2. The lowest BCUT2D eigenvalue weighted by atomic mass is 10.0. The molecular formula is C15H15F3O3Si. The van der Waals surface area contributed by atoms with E-state index in [1.54, 1.807) is 30.3 Å². The molecule has 7 heteroatoms. The van der Waals surface area contributed by atoms with E-state index in [-0.39, 0.29) is 0 Å². The summed E-state index contributed by atoms with van der Waals surface area (Å²) in [6, 6.07) is 11.5. The minimum atomic E-state index is -4.38. The number of alkyl halides is 3. The predicted molar refractivity (Wildman–Crippen MR) is 78.5 cm³/mol. The normalized spacial score (nSPS) is 12.5. The average Bonchev–Trinajstić information content (AvgIpc) is 2.53. The van der Waals surface area contributed by atoms with Gasteiger partial charge in [-0.2, -0.15) is 13.2 Å². The van der Waals surface area contributed by atoms with E-state index in [0.29, 0.717) is 16.3 Å². The minimum absolute atomic E-state index is 0.446. The van der Waals surface area contributed by atoms with Crippen molar-refractivity contribution in [1.29, 1.82) is 0 Å². The van der Waals surface area contributed by atoms with Gasteiger partial charge in [0.15, 0.2) is 0 Å². The molecule has 0 aliphatic heterocycles. The van der Waals surface area contributed by atoms with Gasteiger partial charge in [0.1, 0.15) is 0 Å². The summed E-state index contributed by atoms with van der Waals surface area (Å²) < 4.78 is 48.2. The van der Waals surface area contributed by atoms with E-state index in [0.717, 1.165) is 12.1 Å². The lowest BCUT2D eigenvalue weighted by molar-refractivity contribution is -0.137. The monoisotopic (exact) mass is 328 g/mol. The first kappa shape index (κ1) is 16.7. The fourth-order valence-electron chi connectivity index (χ4n) is 2.07. The van der Waals surface area contributed by atoms with Crippen LogP contribution in [0.5, 0.6) is 0 Å². The Morgan fingerprint density at radius 2 is 1.50 bits per heavy atom. The van der Waals surface area contributed by atoms with Crippen LogP contribution in [0.25, 0.3) is 11.1 Å². The number of hydrogen-bond donors (Lipinski definition) is 1. The molecule has 0 aliphatic rings. The van der Waals surface area contributed by atoms with E-state index in [4.69, 9.17) is 8.85 Å². The van der Waals surface area contributed by atoms with Crippen molar-refractivity contribution in [1.82, 2.24) is 0 Å². The Bertz CT molecular complexity index is 637. The van der Waals surface area contributed by atoms with Crippen LogP contribution in [0.3, 0.4) is 0 Å². The van der Waals surface area contributed by atoms with Crippen LogP contribution >= 0.6 is 0 Å². The molecule has 0 unspecified atom stereocenters. The summed E-state index contributed by atoms with van der Waals surface area (Å²) >= 11 is 0. The van der Waals surface area contributed by atoms with E-state index in [1.807, 2.05) is 0 Å². The first-order valence-electron chi connectivity index (χ1n) is 6.41. The fraction of sp³-hybridized carbons (Fsp3) is 0.200. The first-order chi connectivity index (χ1) is 10.3. The predicted octanol–water partition coefficient (Wildman–Crippen LogP) is 2.80. The molecule has 118 valence electrons. The van der Waals surface area contributed by atoms with Gasteiger partial charge in [0.05, 0.1) is 5.56 Å². The van der Waals surface area contributed by atoms with Gasteiger partial charge in [-0.25, -0.2) is 0 Å². The first-order valence-corrected chi connectivity index (χ1v) is 8.17. The fourth-order valence-corrected chi connectivity index (χ4v) is 3.29. The SMILES string of the molecule is CO[Si](O)(OC)c1ccc(-c2cccc(C(F)(F)F)c2)cc1. The summed E-state index contributed by atoms with van der Waals surface area (Å²) in [5.41, 5.74) is 0.355. The van der Waals surface area contributed by atoms with Gasteiger partial charge in [0.2, 0.25) is 0 Å². The van der Waals surface area contributed by atoms with Crippen LogP contribution in [-0.4, -0.2) is 27.8 Å². The molecule has 2 rings (SSSR count). The van der Waals surface area contributed by atoms with Crippen molar-refractivity contribution in [2.24, 2.45) is 0 Å². The average molecular weight is 328 g/mol. The maximum absolute atomic E-state index is 12.7. The van der Waals surface area contributed by atoms with Crippen LogP contribution in [0.15, 0.2) is 48.5 Å². The molecule has 0 saturated carbocycles. The Morgan fingerprint density at radius 3 is 2.00 bits per heavy atom. The second-order valence-electron chi connectivity index (χ2n) is 4.65. The Morgan fingerprint density at radius 1 is 0.909 bits per heavy atom. The highest BCUT2D eigenvalue weighted by Gasteiger charge is 2.37. The van der Waals surface area contributed by atoms with Crippen LogP contribution in [-0.2, 0) is 15.0 Å². The third-order valence-electron chi connectivity index (χ3n) is 3.33. The van der Waals surface area contributed by atoms with Crippen molar-refractivity contribution in [2.75, 3.05) is 14.2 Å². The van der Waals surface area contributed by atoms with Gasteiger partial charge in [-0.15, -0.1) is 0 Å². The zero-order valence-corrected chi connectivity index (χ0v) is 13.0. The summed E-state index contributed by atoms with van der Waals surface area (Å²) in [7, 11) is -0.731. The van der Waals surface area contributed by atoms with Crippen molar-refractivity contribution < 1.29 is 26.8 Å². The van der Waals surface area contributed by atoms with Crippen molar-refractivity contribution >= 4 is 14.0 Å². The van der Waals surface area contributed by atoms with Crippen LogP contribution < -0.4 is 5.19 Å². The highest BCUT2D eigenvalue weighted by atomic mass is 28.4. The van der Waals surface area contributed by atoms with Gasteiger partial charge in [0.25, 0.3) is 0 Å². The molecule has 0 aromatic heterocycles. The van der Waals surface area contributed by atoms with Crippen LogP contribution in [0.1, 0.15) is 5.56 Å². The third kappa shape index (κ3) is 3.38. The smallest absolute Gasteiger partial charge is 0.386 e. The molecule has 3 nitrogen and oxygen atoms in total. The van der Waals surface area contributed by atoms with Crippen LogP contribution in [0.4, 0.5) is 13.2 Å². The molecule has 2 aromatic carbocycles. The number of hydrogen-bond acceptors (Lipinski definition) is 3. The molecule has 0 amide bonds. The molecule has 2 aromatic rings. The zero-order chi connectivity index (χ0) is 16.4. The topological polar surface area (TPSA) is 38.7 Å². The summed E-state index contributed by atoms with van der Waals surface area (Å²) in [4.78, 5) is 10.2. The molecule has 0 bridgehead atoms. The van der Waals surface area contributed by atoms with Gasteiger partial charge in [-0.1, -0.05) is 36.4 Å². The second kappa shape index (κ2) is 6.21. The molecule has 0 atom stereocenters. The van der Waals surface area contributed by atoms with E-state index in [2.05, 4.69) is 0 Å². The van der Waals surface area contributed by atoms with E-state index >= 15 is 0 Å². The summed E-state index contributed by atoms with van der Waals surface area (Å²) in [5, 5.41) is 0.480. The summed E-state index contributed by atoms with van der Waals surface area (Å²) in [6.45, 7) is 0. The molecular weight excluding hydrogens is 313 g/mol. The molecule has 1 N–H and O–H groups in total. The molecule has 0 spiro atoms. The van der Waals surface area contributed by atoms with Gasteiger partial charge in [-0.05, 0) is 23.3 Å². The van der Waals surface area contributed by atoms with E-state index < -0.39 is 20.5 Å². The molecule has 0 aliphatic carbocycles. The van der Waals surface area contributed by atoms with Gasteiger partial charge in [-0.3, -0.25) is 0 Å². The van der Waals surface area contributed by atoms with Crippen LogP contribution in [0, 0.1) is 0 Å². The standard InChI is InChI=1S/C15H15F3O3Si/c1-20-22(19,21-2)14-8-6-11(7-9-14)12-4-3-5-13(10-12)15(16,17)18/h3-10,19H,1-2H3. The Kier molecular flexibility index (Phi) is 4.71. The maximum atomic E-state index is 12.7. The maximum Gasteiger partial charge on any atom is 0.533 e. The Balaban J connectivity index is 2.36. The second-order valence-corrected chi connectivity index (χ2v) is 7.20. The van der Waals surface area contributed by atoms with Gasteiger partial charge < -0.3 is 13.6 Å². The lowest BCUT2D eigenvalue weighted by Crippen LogP contribution is -2.52. The van der Waals surface area contributed by atoms with Crippen molar-refractivity contribution in [3.05, 3.63) is 54.1 Å². The molecule has 0 heterocycles.